The molecule has 5 nitrogen and oxygen atoms in total. The number of ether oxygens (including phenoxy) is 2. The fourth-order valence-corrected chi connectivity index (χ4v) is 3.34. The molecule has 0 atom stereocenters. The monoisotopic (exact) mass is 353 g/mol. The number of benzene rings is 1. The number of imide groups is 1. The fraction of sp³-hybridized carbons (Fsp3) is 0.467. The molecule has 21 heavy (non-hydrogen) atoms. The van der Waals surface area contributed by atoms with Gasteiger partial charge in [0.1, 0.15) is 0 Å². The topological polar surface area (TPSA) is 55.8 Å². The van der Waals surface area contributed by atoms with Crippen LogP contribution in [0.1, 0.15) is 33.6 Å². The van der Waals surface area contributed by atoms with Gasteiger partial charge in [-0.25, -0.2) is 0 Å². The van der Waals surface area contributed by atoms with Crippen molar-refractivity contribution in [2.45, 2.75) is 18.6 Å². The molecule has 3 rings (SSSR count). The smallest absolute Gasteiger partial charge is 0.261 e. The largest absolute Gasteiger partial charge is 0.347 e. The Balaban J connectivity index is 1.62. The molecule has 0 aromatic heterocycles. The Morgan fingerprint density at radius 3 is 2.19 bits per heavy atom. The zero-order chi connectivity index (χ0) is 14.9. The van der Waals surface area contributed by atoms with Gasteiger partial charge in [0.05, 0.1) is 29.7 Å². The Hall–Kier alpha value is -1.24. The summed E-state index contributed by atoms with van der Waals surface area (Å²) in [4.78, 5) is 25.7. The molecular formula is C15H16BrNO4. The minimum atomic E-state index is -0.612. The first-order valence-corrected chi connectivity index (χ1v) is 8.08. The molecule has 1 aromatic carbocycles. The van der Waals surface area contributed by atoms with Crippen LogP contribution >= 0.6 is 15.9 Å². The van der Waals surface area contributed by atoms with E-state index in [4.69, 9.17) is 9.47 Å². The molecule has 0 spiro atoms. The van der Waals surface area contributed by atoms with Crippen molar-refractivity contribution in [1.82, 2.24) is 4.90 Å². The van der Waals surface area contributed by atoms with Gasteiger partial charge in [0, 0.05) is 13.0 Å². The number of hydrogen-bond acceptors (Lipinski definition) is 4. The molecule has 0 N–H and O–H groups in total. The van der Waals surface area contributed by atoms with Gasteiger partial charge in [0.25, 0.3) is 11.8 Å². The van der Waals surface area contributed by atoms with Crippen LogP contribution in [0.4, 0.5) is 0 Å². The maximum atomic E-state index is 12.2. The predicted molar refractivity (Wildman–Crippen MR) is 79.5 cm³/mol. The first-order valence-electron chi connectivity index (χ1n) is 6.96. The number of alkyl halides is 1. The molecule has 2 heterocycles. The third kappa shape index (κ3) is 2.63. The van der Waals surface area contributed by atoms with E-state index < -0.39 is 5.79 Å². The van der Waals surface area contributed by atoms with Crippen LogP contribution in [0.2, 0.25) is 0 Å². The first-order chi connectivity index (χ1) is 10.2. The van der Waals surface area contributed by atoms with E-state index in [1.165, 1.54) is 4.90 Å². The van der Waals surface area contributed by atoms with Crippen molar-refractivity contribution in [3.8, 4) is 0 Å². The van der Waals surface area contributed by atoms with Crippen LogP contribution in [0.15, 0.2) is 24.3 Å². The summed E-state index contributed by atoms with van der Waals surface area (Å²) in [7, 11) is 0. The lowest BCUT2D eigenvalue weighted by molar-refractivity contribution is -0.142. The molecule has 6 heteroatoms. The van der Waals surface area contributed by atoms with Crippen molar-refractivity contribution < 1.29 is 19.1 Å². The summed E-state index contributed by atoms with van der Waals surface area (Å²) < 4.78 is 11.2. The van der Waals surface area contributed by atoms with E-state index in [0.717, 1.165) is 0 Å². The Labute approximate surface area is 131 Å². The second-order valence-corrected chi connectivity index (χ2v) is 5.71. The zero-order valence-corrected chi connectivity index (χ0v) is 13.1. The van der Waals surface area contributed by atoms with Crippen LogP contribution in [0.5, 0.6) is 0 Å². The van der Waals surface area contributed by atoms with Crippen molar-refractivity contribution in [1.29, 1.82) is 0 Å². The summed E-state index contributed by atoms with van der Waals surface area (Å²) in [6.07, 6.45) is 1.29. The molecular weight excluding hydrogens is 338 g/mol. The lowest BCUT2D eigenvalue weighted by Gasteiger charge is -2.25. The summed E-state index contributed by atoms with van der Waals surface area (Å²) in [6.45, 7) is 1.55. The molecule has 2 aliphatic rings. The molecule has 1 aromatic rings. The van der Waals surface area contributed by atoms with Crippen molar-refractivity contribution >= 4 is 27.7 Å². The highest BCUT2D eigenvalue weighted by atomic mass is 79.9. The Morgan fingerprint density at radius 1 is 1.10 bits per heavy atom. The average molecular weight is 354 g/mol. The Bertz CT molecular complexity index is 534. The lowest BCUT2D eigenvalue weighted by Crippen LogP contribution is -2.35. The number of carbonyl (C=O) groups excluding carboxylic acids is 2. The lowest BCUT2D eigenvalue weighted by atomic mass is 10.1. The third-order valence-electron chi connectivity index (χ3n) is 3.83. The third-order valence-corrected chi connectivity index (χ3v) is 4.69. The predicted octanol–water partition coefficient (Wildman–Crippen LogP) is 2.20. The van der Waals surface area contributed by atoms with Crippen LogP contribution in [0.25, 0.3) is 0 Å². The molecule has 0 bridgehead atoms. The molecule has 112 valence electrons. The van der Waals surface area contributed by atoms with E-state index in [0.29, 0.717) is 49.1 Å². The minimum absolute atomic E-state index is 0.211. The summed E-state index contributed by atoms with van der Waals surface area (Å²) in [5.74, 6) is -1.04. The van der Waals surface area contributed by atoms with E-state index in [1.54, 1.807) is 24.3 Å². The van der Waals surface area contributed by atoms with Gasteiger partial charge in [-0.3, -0.25) is 14.5 Å². The standard InChI is InChI=1S/C15H16BrNO4/c16-10-15(20-8-9-21-15)6-3-7-17-13(18)11-4-1-2-5-12(11)14(17)19/h1-2,4-5H,3,6-10H2. The maximum Gasteiger partial charge on any atom is 0.261 e. The maximum absolute atomic E-state index is 12.2. The molecule has 1 saturated heterocycles. The van der Waals surface area contributed by atoms with Crippen LogP contribution in [-0.4, -0.2) is 47.6 Å². The number of halogens is 1. The second-order valence-electron chi connectivity index (χ2n) is 5.15. The van der Waals surface area contributed by atoms with E-state index >= 15 is 0 Å². The van der Waals surface area contributed by atoms with E-state index in [-0.39, 0.29) is 11.8 Å². The van der Waals surface area contributed by atoms with Crippen LogP contribution in [0, 0.1) is 0 Å². The summed E-state index contributed by atoms with van der Waals surface area (Å²) in [5.41, 5.74) is 0.983. The van der Waals surface area contributed by atoms with Crippen molar-refractivity contribution in [2.75, 3.05) is 25.1 Å². The van der Waals surface area contributed by atoms with Gasteiger partial charge in [0.15, 0.2) is 5.79 Å². The van der Waals surface area contributed by atoms with Crippen molar-refractivity contribution in [2.24, 2.45) is 0 Å². The van der Waals surface area contributed by atoms with Gasteiger partial charge in [0.2, 0.25) is 0 Å². The van der Waals surface area contributed by atoms with E-state index in [9.17, 15) is 9.59 Å². The van der Waals surface area contributed by atoms with Gasteiger partial charge >= 0.3 is 0 Å². The highest BCUT2D eigenvalue weighted by Crippen LogP contribution is 2.28. The normalized spacial score (nSPS) is 20.1. The molecule has 2 aliphatic heterocycles. The minimum Gasteiger partial charge on any atom is -0.347 e. The fourth-order valence-electron chi connectivity index (χ4n) is 2.73. The van der Waals surface area contributed by atoms with Gasteiger partial charge < -0.3 is 9.47 Å². The molecule has 1 fully saturated rings. The first kappa shape index (κ1) is 14.7. The number of nitrogens with zero attached hydrogens (tertiary/aromatic N) is 1. The van der Waals surface area contributed by atoms with E-state index in [2.05, 4.69) is 15.9 Å². The SMILES string of the molecule is O=C1c2ccccc2C(=O)N1CCCC1(CBr)OCCO1. The van der Waals surface area contributed by atoms with Gasteiger partial charge in [-0.05, 0) is 18.6 Å². The van der Waals surface area contributed by atoms with Crippen molar-refractivity contribution in [3.05, 3.63) is 35.4 Å². The second kappa shape index (κ2) is 5.87. The summed E-state index contributed by atoms with van der Waals surface area (Å²) in [6, 6.07) is 6.93. The highest BCUT2D eigenvalue weighted by molar-refractivity contribution is 9.09. The van der Waals surface area contributed by atoms with Crippen LogP contribution in [-0.2, 0) is 9.47 Å². The zero-order valence-electron chi connectivity index (χ0n) is 11.5. The molecule has 0 unspecified atom stereocenters. The highest BCUT2D eigenvalue weighted by Gasteiger charge is 2.37. The molecule has 0 radical (unpaired) electrons. The average Bonchev–Trinajstić information content (AvgIpc) is 3.08. The van der Waals surface area contributed by atoms with Crippen molar-refractivity contribution in [3.63, 3.8) is 0 Å². The van der Waals surface area contributed by atoms with Gasteiger partial charge in [-0.15, -0.1) is 0 Å². The summed E-state index contributed by atoms with van der Waals surface area (Å²) >= 11 is 3.40. The number of amides is 2. The number of rotatable bonds is 5. The van der Waals surface area contributed by atoms with Gasteiger partial charge in [-0.1, -0.05) is 28.1 Å². The number of carbonyl (C=O) groups is 2. The number of hydrogen-bond donors (Lipinski definition) is 0. The van der Waals surface area contributed by atoms with Crippen LogP contribution < -0.4 is 0 Å². The summed E-state index contributed by atoms with van der Waals surface area (Å²) in [5, 5.41) is 0.585. The molecule has 0 saturated carbocycles. The Morgan fingerprint density at radius 2 is 1.67 bits per heavy atom. The van der Waals surface area contributed by atoms with Crippen LogP contribution in [0.3, 0.4) is 0 Å². The molecule has 2 amide bonds. The van der Waals surface area contributed by atoms with Gasteiger partial charge in [-0.2, -0.15) is 0 Å². The number of fused-ring (bicyclic) bond motifs is 1. The Kier molecular flexibility index (Phi) is 4.10. The van der Waals surface area contributed by atoms with E-state index in [1.807, 2.05) is 0 Å². The molecule has 0 aliphatic carbocycles. The quantitative estimate of drug-likeness (QED) is 0.601.